The van der Waals surface area contributed by atoms with Gasteiger partial charge < -0.3 is 4.74 Å². The number of halogens is 1. The molecule has 0 aromatic heterocycles. The van der Waals surface area contributed by atoms with Gasteiger partial charge in [-0.3, -0.25) is 0 Å². The summed E-state index contributed by atoms with van der Waals surface area (Å²) in [6, 6.07) is 1.35. The maximum absolute atomic E-state index is 13.5. The molecule has 3 nitrogen and oxygen atoms in total. The first-order valence-corrected chi connectivity index (χ1v) is 4.23. The van der Waals surface area contributed by atoms with Crippen LogP contribution in [0.3, 0.4) is 0 Å². The average Bonchev–Trinajstić information content (AvgIpc) is 2.03. The molecule has 0 aliphatic rings. The first kappa shape index (κ1) is 11.9. The lowest BCUT2D eigenvalue weighted by atomic mass is 9.96. The summed E-state index contributed by atoms with van der Waals surface area (Å²) in [5.41, 5.74) is -2.48. The van der Waals surface area contributed by atoms with E-state index >= 15 is 0 Å². The van der Waals surface area contributed by atoms with Crippen molar-refractivity contribution >= 4 is 5.97 Å². The van der Waals surface area contributed by atoms with Gasteiger partial charge in [-0.05, 0) is 12.8 Å². The Hall–Kier alpha value is -1.11. The number of ether oxygens (including phenoxy) is 1. The van der Waals surface area contributed by atoms with Crippen molar-refractivity contribution in [3.8, 4) is 6.07 Å². The van der Waals surface area contributed by atoms with Crippen LogP contribution in [0, 0.1) is 17.2 Å². The molecule has 0 N–H and O–H groups in total. The second kappa shape index (κ2) is 4.80. The summed E-state index contributed by atoms with van der Waals surface area (Å²) < 4.78 is 18.0. The van der Waals surface area contributed by atoms with Gasteiger partial charge in [0.15, 0.2) is 0 Å². The lowest BCUT2D eigenvalue weighted by Gasteiger charge is -2.17. The zero-order valence-corrected chi connectivity index (χ0v) is 8.13. The highest BCUT2D eigenvalue weighted by Crippen LogP contribution is 2.22. The standard InChI is InChI=1S/C9H14FNO2/c1-4-13-8(12)9(10,6-11)5-7(2)3/h7H,4-5H2,1-3H3/t9-/m1/s1. The van der Waals surface area contributed by atoms with Gasteiger partial charge in [-0.25, -0.2) is 9.18 Å². The van der Waals surface area contributed by atoms with Crippen LogP contribution >= 0.6 is 0 Å². The summed E-state index contributed by atoms with van der Waals surface area (Å²) in [5.74, 6) is -1.14. The van der Waals surface area contributed by atoms with E-state index in [4.69, 9.17) is 5.26 Å². The van der Waals surface area contributed by atoms with Gasteiger partial charge >= 0.3 is 5.97 Å². The second-order valence-corrected chi connectivity index (χ2v) is 3.23. The molecule has 0 spiro atoms. The zero-order valence-electron chi connectivity index (χ0n) is 8.13. The lowest BCUT2D eigenvalue weighted by Crippen LogP contribution is -2.35. The molecular weight excluding hydrogens is 173 g/mol. The van der Waals surface area contributed by atoms with Gasteiger partial charge in [0, 0.05) is 6.42 Å². The summed E-state index contributed by atoms with van der Waals surface area (Å²) in [6.07, 6.45) is -0.123. The molecule has 0 aliphatic carbocycles. The van der Waals surface area contributed by atoms with Gasteiger partial charge in [-0.1, -0.05) is 13.8 Å². The summed E-state index contributed by atoms with van der Waals surface area (Å²) in [6.45, 7) is 5.14. The van der Waals surface area contributed by atoms with Crippen molar-refractivity contribution in [3.63, 3.8) is 0 Å². The highest BCUT2D eigenvalue weighted by Gasteiger charge is 2.41. The van der Waals surface area contributed by atoms with Crippen molar-refractivity contribution in [1.29, 1.82) is 5.26 Å². The van der Waals surface area contributed by atoms with Crippen molar-refractivity contribution in [3.05, 3.63) is 0 Å². The Bertz CT molecular complexity index is 222. The number of rotatable bonds is 4. The fraction of sp³-hybridized carbons (Fsp3) is 0.778. The molecule has 0 aromatic carbocycles. The molecule has 0 saturated carbocycles. The fourth-order valence-electron chi connectivity index (χ4n) is 0.983. The Morgan fingerprint density at radius 2 is 2.23 bits per heavy atom. The van der Waals surface area contributed by atoms with E-state index in [0.29, 0.717) is 0 Å². The summed E-state index contributed by atoms with van der Waals surface area (Å²) in [4.78, 5) is 11.0. The van der Waals surface area contributed by atoms with E-state index in [2.05, 4.69) is 4.74 Å². The van der Waals surface area contributed by atoms with Gasteiger partial charge in [0.1, 0.15) is 6.07 Å². The number of carbonyl (C=O) groups excluding carboxylic acids is 1. The molecule has 0 radical (unpaired) electrons. The zero-order chi connectivity index (χ0) is 10.5. The maximum Gasteiger partial charge on any atom is 0.358 e. The number of alkyl halides is 1. The number of hydrogen-bond acceptors (Lipinski definition) is 3. The predicted octanol–water partition coefficient (Wildman–Crippen LogP) is 1.83. The Morgan fingerprint density at radius 3 is 2.54 bits per heavy atom. The highest BCUT2D eigenvalue weighted by atomic mass is 19.1. The first-order valence-electron chi connectivity index (χ1n) is 4.23. The summed E-state index contributed by atoms with van der Waals surface area (Å²) in [5, 5.41) is 8.51. The Labute approximate surface area is 77.5 Å². The third-order valence-electron chi connectivity index (χ3n) is 1.47. The first-order chi connectivity index (χ1) is 5.96. The van der Waals surface area contributed by atoms with E-state index in [1.165, 1.54) is 6.07 Å². The third kappa shape index (κ3) is 3.41. The molecule has 0 saturated heterocycles. The Balaban J connectivity index is 4.45. The van der Waals surface area contributed by atoms with Crippen LogP contribution < -0.4 is 0 Å². The molecule has 0 aliphatic heterocycles. The molecule has 4 heteroatoms. The monoisotopic (exact) mass is 187 g/mol. The largest absolute Gasteiger partial charge is 0.463 e. The quantitative estimate of drug-likeness (QED) is 0.631. The summed E-state index contributed by atoms with van der Waals surface area (Å²) in [7, 11) is 0. The minimum Gasteiger partial charge on any atom is -0.463 e. The van der Waals surface area contributed by atoms with Crippen LogP contribution in [0.15, 0.2) is 0 Å². The second-order valence-electron chi connectivity index (χ2n) is 3.23. The fourth-order valence-corrected chi connectivity index (χ4v) is 0.983. The molecule has 0 rings (SSSR count). The predicted molar refractivity (Wildman–Crippen MR) is 45.5 cm³/mol. The van der Waals surface area contributed by atoms with Crippen LogP contribution in [0.2, 0.25) is 0 Å². The van der Waals surface area contributed by atoms with Gasteiger partial charge in [0.25, 0.3) is 5.67 Å². The van der Waals surface area contributed by atoms with Gasteiger partial charge in [0.2, 0.25) is 0 Å². The SMILES string of the molecule is CCOC(=O)[C@](F)(C#N)CC(C)C. The molecule has 1 atom stereocenters. The van der Waals surface area contributed by atoms with Gasteiger partial charge in [0.05, 0.1) is 6.61 Å². The van der Waals surface area contributed by atoms with Crippen LogP contribution in [0.1, 0.15) is 27.2 Å². The number of hydrogen-bond donors (Lipinski definition) is 0. The smallest absolute Gasteiger partial charge is 0.358 e. The van der Waals surface area contributed by atoms with Crippen molar-refractivity contribution in [2.24, 2.45) is 5.92 Å². The summed E-state index contributed by atoms with van der Waals surface area (Å²) >= 11 is 0. The molecule has 0 unspecified atom stereocenters. The van der Waals surface area contributed by atoms with Crippen LogP contribution in [0.5, 0.6) is 0 Å². The van der Waals surface area contributed by atoms with E-state index in [9.17, 15) is 9.18 Å². The molecule has 13 heavy (non-hydrogen) atoms. The van der Waals surface area contributed by atoms with Crippen LogP contribution in [-0.4, -0.2) is 18.2 Å². The van der Waals surface area contributed by atoms with Gasteiger partial charge in [-0.15, -0.1) is 0 Å². The number of nitriles is 1. The molecule has 0 amide bonds. The van der Waals surface area contributed by atoms with Crippen molar-refractivity contribution < 1.29 is 13.9 Å². The topological polar surface area (TPSA) is 50.1 Å². The molecule has 0 aromatic rings. The average molecular weight is 187 g/mol. The number of carbonyl (C=O) groups is 1. The van der Waals surface area contributed by atoms with Gasteiger partial charge in [-0.2, -0.15) is 5.26 Å². The van der Waals surface area contributed by atoms with E-state index in [0.717, 1.165) is 0 Å². The third-order valence-corrected chi connectivity index (χ3v) is 1.47. The van der Waals surface area contributed by atoms with E-state index in [1.54, 1.807) is 20.8 Å². The molecule has 0 heterocycles. The van der Waals surface area contributed by atoms with Crippen LogP contribution in [0.4, 0.5) is 4.39 Å². The molecular formula is C9H14FNO2. The van der Waals surface area contributed by atoms with Crippen LogP contribution in [0.25, 0.3) is 0 Å². The molecule has 74 valence electrons. The molecule has 0 bridgehead atoms. The minimum absolute atomic E-state index is 0.0611. The molecule has 0 fully saturated rings. The highest BCUT2D eigenvalue weighted by molar-refractivity contribution is 5.82. The number of nitrogens with zero attached hydrogens (tertiary/aromatic N) is 1. The minimum atomic E-state index is -2.48. The Kier molecular flexibility index (Phi) is 4.39. The normalized spacial score (nSPS) is 14.8. The number of esters is 1. The Morgan fingerprint density at radius 1 is 1.69 bits per heavy atom. The van der Waals surface area contributed by atoms with E-state index in [-0.39, 0.29) is 18.9 Å². The van der Waals surface area contributed by atoms with Crippen molar-refractivity contribution in [2.75, 3.05) is 6.61 Å². The lowest BCUT2D eigenvalue weighted by molar-refractivity contribution is -0.154. The van der Waals surface area contributed by atoms with E-state index < -0.39 is 11.6 Å². The maximum atomic E-state index is 13.5. The van der Waals surface area contributed by atoms with Crippen LogP contribution in [-0.2, 0) is 9.53 Å². The van der Waals surface area contributed by atoms with Crippen molar-refractivity contribution in [2.45, 2.75) is 32.9 Å². The van der Waals surface area contributed by atoms with Crippen molar-refractivity contribution in [1.82, 2.24) is 0 Å². The van der Waals surface area contributed by atoms with E-state index in [1.807, 2.05) is 0 Å².